The predicted molar refractivity (Wildman–Crippen MR) is 81.9 cm³/mol. The molecule has 0 bridgehead atoms. The van der Waals surface area contributed by atoms with Crippen LogP contribution in [0.25, 0.3) is 0 Å². The first-order valence-corrected chi connectivity index (χ1v) is 6.93. The number of aryl methyl sites for hydroxylation is 1. The molecule has 0 heterocycles. The Balaban J connectivity index is 2.26. The highest BCUT2D eigenvalue weighted by Crippen LogP contribution is 2.32. The number of hydrogen-bond donors (Lipinski definition) is 1. The lowest BCUT2D eigenvalue weighted by Crippen LogP contribution is -1.83. The van der Waals surface area contributed by atoms with Gasteiger partial charge in [-0.1, -0.05) is 17.7 Å². The van der Waals surface area contributed by atoms with E-state index in [0.717, 1.165) is 11.3 Å². The van der Waals surface area contributed by atoms with E-state index in [4.69, 9.17) is 0 Å². The van der Waals surface area contributed by atoms with Gasteiger partial charge in [-0.2, -0.15) is 0 Å². The van der Waals surface area contributed by atoms with Crippen molar-refractivity contribution in [1.29, 1.82) is 0 Å². The molecule has 0 aromatic heterocycles. The van der Waals surface area contributed by atoms with E-state index in [1.54, 1.807) is 6.21 Å². The van der Waals surface area contributed by atoms with Crippen molar-refractivity contribution in [3.05, 3.63) is 56.5 Å². The number of hydrogen-bond acceptors (Lipinski definition) is 2. The smallest absolute Gasteiger partial charge is 0.143 e. The van der Waals surface area contributed by atoms with Crippen LogP contribution in [-0.2, 0) is 0 Å². The van der Waals surface area contributed by atoms with Crippen LogP contribution in [0.1, 0.15) is 11.1 Å². The molecule has 0 unspecified atom stereocenters. The average molecular weight is 369 g/mol. The molecule has 0 atom stereocenters. The molecule has 0 radical (unpaired) electrons. The van der Waals surface area contributed by atoms with E-state index in [1.807, 2.05) is 43.3 Å². The van der Waals surface area contributed by atoms with Crippen LogP contribution in [0.4, 0.5) is 5.69 Å². The molecule has 0 amide bonds. The van der Waals surface area contributed by atoms with Gasteiger partial charge >= 0.3 is 0 Å². The van der Waals surface area contributed by atoms with E-state index in [1.165, 1.54) is 5.56 Å². The largest absolute Gasteiger partial charge is 0.506 e. The van der Waals surface area contributed by atoms with Crippen molar-refractivity contribution in [2.75, 3.05) is 0 Å². The number of halogens is 2. The van der Waals surface area contributed by atoms with Gasteiger partial charge in [0.15, 0.2) is 0 Å². The molecule has 0 saturated heterocycles. The topological polar surface area (TPSA) is 32.6 Å². The van der Waals surface area contributed by atoms with Crippen LogP contribution in [0.3, 0.4) is 0 Å². The Morgan fingerprint density at radius 3 is 2.17 bits per heavy atom. The zero-order chi connectivity index (χ0) is 13.1. The highest BCUT2D eigenvalue weighted by molar-refractivity contribution is 9.11. The Morgan fingerprint density at radius 2 is 1.61 bits per heavy atom. The monoisotopic (exact) mass is 367 g/mol. The van der Waals surface area contributed by atoms with E-state index < -0.39 is 0 Å². The van der Waals surface area contributed by atoms with Crippen LogP contribution in [0.5, 0.6) is 5.75 Å². The number of phenolic OH excluding ortho intramolecular Hbond substituents is 1. The Bertz CT molecular complexity index is 568. The molecule has 92 valence electrons. The summed E-state index contributed by atoms with van der Waals surface area (Å²) in [6, 6.07) is 11.6. The standard InChI is InChI=1S/C14H11Br2NO/c1-9-2-4-11(5-3-9)17-8-10-6-12(15)14(18)13(16)7-10/h2-8,18H,1H3. The lowest BCUT2D eigenvalue weighted by atomic mass is 10.2. The second-order valence-electron chi connectivity index (χ2n) is 3.93. The molecular formula is C14H11Br2NO. The van der Waals surface area contributed by atoms with Crippen LogP contribution in [0, 0.1) is 6.92 Å². The minimum absolute atomic E-state index is 0.197. The molecule has 0 aliphatic heterocycles. The maximum absolute atomic E-state index is 9.61. The molecule has 0 aliphatic rings. The fraction of sp³-hybridized carbons (Fsp3) is 0.0714. The van der Waals surface area contributed by atoms with Crippen molar-refractivity contribution >= 4 is 43.8 Å². The van der Waals surface area contributed by atoms with Crippen LogP contribution < -0.4 is 0 Å². The van der Waals surface area contributed by atoms with Crippen LogP contribution in [-0.4, -0.2) is 11.3 Å². The van der Waals surface area contributed by atoms with E-state index in [2.05, 4.69) is 36.9 Å². The minimum atomic E-state index is 0.197. The second-order valence-corrected chi connectivity index (χ2v) is 5.64. The lowest BCUT2D eigenvalue weighted by Gasteiger charge is -2.02. The maximum atomic E-state index is 9.61. The molecule has 0 fully saturated rings. The number of nitrogens with zero attached hydrogens (tertiary/aromatic N) is 1. The number of aliphatic imine (C=N–C) groups is 1. The van der Waals surface area contributed by atoms with Gasteiger partial charge in [0, 0.05) is 6.21 Å². The van der Waals surface area contributed by atoms with Gasteiger partial charge in [-0.05, 0) is 68.6 Å². The first kappa shape index (κ1) is 13.3. The fourth-order valence-electron chi connectivity index (χ4n) is 1.44. The van der Waals surface area contributed by atoms with Crippen molar-refractivity contribution in [3.63, 3.8) is 0 Å². The summed E-state index contributed by atoms with van der Waals surface area (Å²) in [5.41, 5.74) is 3.03. The zero-order valence-electron chi connectivity index (χ0n) is 9.69. The van der Waals surface area contributed by atoms with E-state index in [-0.39, 0.29) is 5.75 Å². The summed E-state index contributed by atoms with van der Waals surface area (Å²) in [5, 5.41) is 9.61. The molecule has 18 heavy (non-hydrogen) atoms. The molecule has 2 rings (SSSR count). The predicted octanol–water partition coefficient (Wildman–Crippen LogP) is 4.98. The molecule has 1 N–H and O–H groups in total. The summed E-state index contributed by atoms with van der Waals surface area (Å²) in [6.07, 6.45) is 1.76. The van der Waals surface area contributed by atoms with Gasteiger partial charge in [0.05, 0.1) is 14.6 Å². The van der Waals surface area contributed by atoms with Gasteiger partial charge < -0.3 is 5.11 Å². The highest BCUT2D eigenvalue weighted by Gasteiger charge is 2.04. The first-order valence-electron chi connectivity index (χ1n) is 5.35. The third-order valence-corrected chi connectivity index (χ3v) is 3.64. The number of rotatable bonds is 2. The molecule has 0 saturated carbocycles. The van der Waals surface area contributed by atoms with Gasteiger partial charge in [-0.25, -0.2) is 0 Å². The normalized spacial score (nSPS) is 11.1. The Labute approximate surface area is 123 Å². The average Bonchev–Trinajstić information content (AvgIpc) is 2.35. The number of phenols is 1. The summed E-state index contributed by atoms with van der Waals surface area (Å²) in [5.74, 6) is 0.197. The highest BCUT2D eigenvalue weighted by atomic mass is 79.9. The summed E-state index contributed by atoms with van der Waals surface area (Å²) in [7, 11) is 0. The van der Waals surface area contributed by atoms with Crippen LogP contribution in [0.15, 0.2) is 50.3 Å². The molecule has 2 aromatic carbocycles. The van der Waals surface area contributed by atoms with Crippen LogP contribution >= 0.6 is 31.9 Å². The molecule has 2 aromatic rings. The van der Waals surface area contributed by atoms with Gasteiger partial charge in [0.1, 0.15) is 5.75 Å². The summed E-state index contributed by atoms with van der Waals surface area (Å²) in [4.78, 5) is 4.38. The zero-order valence-corrected chi connectivity index (χ0v) is 12.9. The van der Waals surface area contributed by atoms with Gasteiger partial charge in [0.2, 0.25) is 0 Å². The molecular weight excluding hydrogens is 358 g/mol. The van der Waals surface area contributed by atoms with Crippen molar-refractivity contribution in [2.24, 2.45) is 4.99 Å². The van der Waals surface area contributed by atoms with E-state index in [9.17, 15) is 5.11 Å². The summed E-state index contributed by atoms with van der Waals surface area (Å²) >= 11 is 6.58. The Kier molecular flexibility index (Phi) is 4.19. The molecule has 4 heteroatoms. The van der Waals surface area contributed by atoms with Crippen molar-refractivity contribution in [3.8, 4) is 5.75 Å². The number of aromatic hydroxyl groups is 1. The minimum Gasteiger partial charge on any atom is -0.506 e. The van der Waals surface area contributed by atoms with Gasteiger partial charge in [0.25, 0.3) is 0 Å². The Morgan fingerprint density at radius 1 is 1.06 bits per heavy atom. The molecule has 0 aliphatic carbocycles. The molecule has 0 spiro atoms. The van der Waals surface area contributed by atoms with Gasteiger partial charge in [-0.3, -0.25) is 4.99 Å². The third-order valence-electron chi connectivity index (χ3n) is 2.44. The van der Waals surface area contributed by atoms with E-state index >= 15 is 0 Å². The fourth-order valence-corrected chi connectivity index (χ4v) is 2.66. The molecule has 2 nitrogen and oxygen atoms in total. The number of benzene rings is 2. The van der Waals surface area contributed by atoms with Crippen molar-refractivity contribution < 1.29 is 5.11 Å². The quantitative estimate of drug-likeness (QED) is 0.745. The van der Waals surface area contributed by atoms with E-state index in [0.29, 0.717) is 8.95 Å². The first-order chi connectivity index (χ1) is 8.56. The van der Waals surface area contributed by atoms with Crippen molar-refractivity contribution in [2.45, 2.75) is 6.92 Å². The van der Waals surface area contributed by atoms with Crippen molar-refractivity contribution in [1.82, 2.24) is 0 Å². The third kappa shape index (κ3) is 3.21. The SMILES string of the molecule is Cc1ccc(N=Cc2cc(Br)c(O)c(Br)c2)cc1. The van der Waals surface area contributed by atoms with Crippen LogP contribution in [0.2, 0.25) is 0 Å². The maximum Gasteiger partial charge on any atom is 0.143 e. The summed E-state index contributed by atoms with van der Waals surface area (Å²) in [6.45, 7) is 2.04. The second kappa shape index (κ2) is 5.67. The Hall–Kier alpha value is -1.13. The summed E-state index contributed by atoms with van der Waals surface area (Å²) < 4.78 is 1.28. The van der Waals surface area contributed by atoms with Gasteiger partial charge in [-0.15, -0.1) is 0 Å². The lowest BCUT2D eigenvalue weighted by molar-refractivity contribution is 0.468.